The summed E-state index contributed by atoms with van der Waals surface area (Å²) in [5.74, 6) is 0.0925. The molecule has 0 N–H and O–H groups in total. The van der Waals surface area contributed by atoms with Gasteiger partial charge in [0.25, 0.3) is 0 Å². The fourth-order valence-electron chi connectivity index (χ4n) is 7.36. The van der Waals surface area contributed by atoms with Gasteiger partial charge in [0, 0.05) is 41.0 Å². The summed E-state index contributed by atoms with van der Waals surface area (Å²) in [7, 11) is -3.95. The number of nitrogens with zero attached hydrogens (tertiary/aromatic N) is 1. The molecule has 9 heteroatoms. The fraction of sp³-hybridized carbons (Fsp3) is 0.955. The van der Waals surface area contributed by atoms with Gasteiger partial charge < -0.3 is 14.4 Å². The van der Waals surface area contributed by atoms with Crippen molar-refractivity contribution in [3.05, 3.63) is 0 Å². The summed E-state index contributed by atoms with van der Waals surface area (Å²) in [6, 6.07) is 0.201. The van der Waals surface area contributed by atoms with Crippen molar-refractivity contribution in [2.75, 3.05) is 25.5 Å². The van der Waals surface area contributed by atoms with Crippen LogP contribution in [0.2, 0.25) is 58.9 Å². The quantitative estimate of drug-likeness (QED) is 0.334. The molecule has 0 aromatic heterocycles. The number of fused-ring (bicyclic) bond motifs is 1. The van der Waals surface area contributed by atoms with Crippen molar-refractivity contribution in [2.45, 2.75) is 104 Å². The van der Waals surface area contributed by atoms with Crippen LogP contribution in [0.15, 0.2) is 0 Å². The van der Waals surface area contributed by atoms with Crippen LogP contribution in [0.5, 0.6) is 0 Å². The molecule has 1 heterocycles. The van der Waals surface area contributed by atoms with Crippen molar-refractivity contribution < 1.29 is 14.3 Å². The molecule has 31 heavy (non-hydrogen) atoms. The van der Waals surface area contributed by atoms with Crippen molar-refractivity contribution in [1.29, 1.82) is 0 Å². The lowest BCUT2D eigenvalue weighted by Gasteiger charge is -2.56. The monoisotopic (exact) mass is 519 g/mol. The minimum absolute atomic E-state index is 0.121. The Morgan fingerprint density at radius 2 is 1.52 bits per heavy atom. The Hall–Kier alpha value is 0.448. The third-order valence-corrected chi connectivity index (χ3v) is 96.5. The predicted octanol–water partition coefficient (Wildman–Crippen LogP) is 6.33. The average Bonchev–Trinajstić information content (AvgIpc) is 3.02. The first-order chi connectivity index (χ1) is 14.2. The second kappa shape index (κ2) is 10.4. The Labute approximate surface area is 199 Å². The van der Waals surface area contributed by atoms with Crippen LogP contribution in [0.25, 0.3) is 0 Å². The normalized spacial score (nSPS) is 25.3. The summed E-state index contributed by atoms with van der Waals surface area (Å²) in [6.45, 7) is 27.6. The molecule has 0 aromatic rings. The van der Waals surface area contributed by atoms with Crippen molar-refractivity contribution in [2.24, 2.45) is 5.92 Å². The van der Waals surface area contributed by atoms with Gasteiger partial charge in [0.2, 0.25) is 0 Å². The van der Waals surface area contributed by atoms with Crippen molar-refractivity contribution in [3.8, 4) is 0 Å². The van der Waals surface area contributed by atoms with Crippen molar-refractivity contribution in [1.82, 2.24) is 4.90 Å². The van der Waals surface area contributed by atoms with Crippen LogP contribution in [0.4, 0.5) is 4.79 Å². The highest BCUT2D eigenvalue weighted by Crippen LogP contribution is 2.45. The Balaban J connectivity index is 2.24. The van der Waals surface area contributed by atoms with Crippen molar-refractivity contribution >= 4 is 45.9 Å². The van der Waals surface area contributed by atoms with Crippen LogP contribution in [-0.2, 0) is 9.47 Å². The average molecular weight is 520 g/mol. The van der Waals surface area contributed by atoms with E-state index in [0.29, 0.717) is 25.2 Å². The van der Waals surface area contributed by atoms with Gasteiger partial charge in [0.1, 0.15) is 0 Å². The van der Waals surface area contributed by atoms with Gasteiger partial charge in [-0.25, -0.2) is 4.79 Å². The molecule has 3 atom stereocenters. The van der Waals surface area contributed by atoms with E-state index < -0.39 is 28.6 Å². The van der Waals surface area contributed by atoms with Gasteiger partial charge in [-0.2, -0.15) is 11.2 Å². The molecule has 2 fully saturated rings. The van der Waals surface area contributed by atoms with Crippen LogP contribution in [0, 0.1) is 5.92 Å². The first-order valence-electron chi connectivity index (χ1n) is 12.4. The third kappa shape index (κ3) is 5.75. The molecule has 0 aromatic carbocycles. The fourth-order valence-corrected chi connectivity index (χ4v) is 117. The highest BCUT2D eigenvalue weighted by Gasteiger charge is 2.62. The second-order valence-electron chi connectivity index (χ2n) is 12.6. The zero-order chi connectivity index (χ0) is 23.7. The number of carbonyl (C=O) groups is 1. The van der Waals surface area contributed by atoms with E-state index in [1.165, 1.54) is 19.3 Å². The standard InChI is InChI=1S/C22H49NO3SSi4/c1-11-25-22(24)23(20-18-26-21-15-13-12-14-19(20)21)16-17-27-31(28(2,3)4,29(5,6)7)30(8,9)10/h19-21H,11-18H2,1-10H3/t19-,20+,21-/m1/s1. The molecule has 0 radical (unpaired) electrons. The molecule has 1 aliphatic carbocycles. The maximum Gasteiger partial charge on any atom is 0.410 e. The Bertz CT molecular complexity index is 579. The van der Waals surface area contributed by atoms with Crippen molar-refractivity contribution in [3.63, 3.8) is 0 Å². The van der Waals surface area contributed by atoms with Gasteiger partial charge in [-0.3, -0.25) is 0 Å². The minimum atomic E-state index is -1.47. The maximum atomic E-state index is 13.0. The van der Waals surface area contributed by atoms with Crippen LogP contribution in [0.3, 0.4) is 0 Å². The Morgan fingerprint density at radius 3 is 2.03 bits per heavy atom. The first kappa shape index (κ1) is 27.7. The van der Waals surface area contributed by atoms with E-state index in [-0.39, 0.29) is 12.1 Å². The molecule has 4 nitrogen and oxygen atoms in total. The van der Waals surface area contributed by atoms with Gasteiger partial charge in [0.05, 0.1) is 31.1 Å². The molecule has 2 aliphatic rings. The Morgan fingerprint density at radius 1 is 0.968 bits per heavy atom. The molecule has 2 rings (SSSR count). The summed E-state index contributed by atoms with van der Waals surface area (Å²) in [5.41, 5.74) is 0. The highest BCUT2D eigenvalue weighted by molar-refractivity contribution is 8.50. The van der Waals surface area contributed by atoms with E-state index in [2.05, 4.69) is 75.0 Å². The first-order valence-corrected chi connectivity index (χ1v) is 29.6. The van der Waals surface area contributed by atoms with Gasteiger partial charge in [0.15, 0.2) is 0 Å². The minimum Gasteiger partial charge on any atom is -0.450 e. The molecule has 0 spiro atoms. The zero-order valence-corrected chi connectivity index (χ0v) is 26.8. The second-order valence-corrected chi connectivity index (χ2v) is 58.8. The summed E-state index contributed by atoms with van der Waals surface area (Å²) < 4.78 is 11.7. The van der Waals surface area contributed by atoms with Gasteiger partial charge >= 0.3 is 6.09 Å². The van der Waals surface area contributed by atoms with Crippen LogP contribution in [-0.4, -0.2) is 77.2 Å². The lowest BCUT2D eigenvalue weighted by molar-refractivity contribution is 0.0662. The van der Waals surface area contributed by atoms with Crippen LogP contribution >= 0.6 is 11.2 Å². The lowest BCUT2D eigenvalue weighted by Crippen LogP contribution is -2.81. The molecule has 0 bridgehead atoms. The predicted molar refractivity (Wildman–Crippen MR) is 147 cm³/mol. The molecule has 1 amide bonds. The zero-order valence-electron chi connectivity index (χ0n) is 22.0. The topological polar surface area (TPSA) is 38.8 Å². The van der Waals surface area contributed by atoms with Gasteiger partial charge in [-0.05, 0) is 19.8 Å². The molecule has 182 valence electrons. The summed E-state index contributed by atoms with van der Waals surface area (Å²) in [5, 5.41) is 0. The number of carbonyl (C=O) groups excluding carboxylic acids is 1. The van der Waals surface area contributed by atoms with Gasteiger partial charge in [-0.15, -0.1) is 0 Å². The largest absolute Gasteiger partial charge is 0.450 e. The molecular formula is C22H49NO3SSi4. The third-order valence-electron chi connectivity index (χ3n) is 7.45. The number of hydrogen-bond donors (Lipinski definition) is 0. The summed E-state index contributed by atoms with van der Waals surface area (Å²) in [6.07, 6.45) is 5.11. The SMILES string of the molecule is CCOC(=O)N(CCS[Si]([Si](C)(C)C)([Si](C)(C)C)[Si](C)(C)C)[C@H]1CO[C@@H]2CCCC[C@@H]21. The lowest BCUT2D eigenvalue weighted by atomic mass is 9.83. The molecular weight excluding hydrogens is 471 g/mol. The highest BCUT2D eigenvalue weighted by atomic mass is 32.4. The van der Waals surface area contributed by atoms with E-state index in [4.69, 9.17) is 9.47 Å². The van der Waals surface area contributed by atoms with E-state index in [1.807, 2.05) is 6.92 Å². The van der Waals surface area contributed by atoms with E-state index in [0.717, 1.165) is 18.7 Å². The molecule has 0 unspecified atom stereocenters. The number of ether oxygens (including phenoxy) is 2. The van der Waals surface area contributed by atoms with E-state index in [9.17, 15) is 4.79 Å². The molecule has 1 saturated heterocycles. The van der Waals surface area contributed by atoms with Crippen LogP contribution < -0.4 is 0 Å². The summed E-state index contributed by atoms with van der Waals surface area (Å²) in [4.78, 5) is 15.1. The maximum absolute atomic E-state index is 13.0. The smallest absolute Gasteiger partial charge is 0.410 e. The van der Waals surface area contributed by atoms with Gasteiger partial charge in [-0.1, -0.05) is 71.8 Å². The van der Waals surface area contributed by atoms with E-state index >= 15 is 0 Å². The van der Waals surface area contributed by atoms with Crippen LogP contribution in [0.1, 0.15) is 32.6 Å². The number of rotatable bonds is 9. The molecule has 1 saturated carbocycles. The molecule has 1 aliphatic heterocycles. The van der Waals surface area contributed by atoms with E-state index in [1.54, 1.807) is 0 Å². The number of amides is 1. The summed E-state index contributed by atoms with van der Waals surface area (Å²) >= 11 is 2.38. The number of hydrogen-bond acceptors (Lipinski definition) is 4. The Kier molecular flexibility index (Phi) is 9.27.